The molecular formula is C23H22N4O3. The zero-order valence-electron chi connectivity index (χ0n) is 17.1. The van der Waals surface area contributed by atoms with E-state index in [1.165, 1.54) is 6.92 Å². The molecule has 7 heteroatoms. The molecule has 1 aliphatic carbocycles. The lowest BCUT2D eigenvalue weighted by Gasteiger charge is -2.12. The Labute approximate surface area is 174 Å². The van der Waals surface area contributed by atoms with Crippen molar-refractivity contribution in [1.29, 1.82) is 5.26 Å². The van der Waals surface area contributed by atoms with E-state index in [1.54, 1.807) is 18.2 Å². The fourth-order valence-electron chi connectivity index (χ4n) is 3.82. The van der Waals surface area contributed by atoms with E-state index in [9.17, 15) is 10.1 Å². The molecule has 30 heavy (non-hydrogen) atoms. The second-order valence-electron chi connectivity index (χ2n) is 7.58. The summed E-state index contributed by atoms with van der Waals surface area (Å²) in [6, 6.07) is 13.3. The van der Waals surface area contributed by atoms with Crippen LogP contribution in [0.5, 0.6) is 5.75 Å². The summed E-state index contributed by atoms with van der Waals surface area (Å²) >= 11 is 0. The van der Waals surface area contributed by atoms with Gasteiger partial charge in [0, 0.05) is 18.1 Å². The Morgan fingerprint density at radius 2 is 2.17 bits per heavy atom. The number of fused-ring (bicyclic) bond motifs is 1. The molecule has 3 aromatic rings. The maximum Gasteiger partial charge on any atom is 0.258 e. The number of hydrogen-bond donors (Lipinski definition) is 1. The van der Waals surface area contributed by atoms with Crippen LogP contribution in [0.15, 0.2) is 40.9 Å². The van der Waals surface area contributed by atoms with Crippen molar-refractivity contribution in [2.45, 2.75) is 45.8 Å². The molecule has 0 saturated heterocycles. The molecule has 0 saturated carbocycles. The molecule has 1 N–H and O–H groups in total. The Kier molecular flexibility index (Phi) is 5.23. The van der Waals surface area contributed by atoms with Crippen molar-refractivity contribution in [2.75, 3.05) is 0 Å². The monoisotopic (exact) mass is 402 g/mol. The van der Waals surface area contributed by atoms with E-state index in [2.05, 4.69) is 21.5 Å². The Balaban J connectivity index is 1.66. The van der Waals surface area contributed by atoms with Crippen molar-refractivity contribution in [3.8, 4) is 34.7 Å². The smallest absolute Gasteiger partial charge is 0.258 e. The largest absolute Gasteiger partial charge is 0.490 e. The van der Waals surface area contributed by atoms with E-state index in [0.717, 1.165) is 29.5 Å². The van der Waals surface area contributed by atoms with Crippen LogP contribution in [0.1, 0.15) is 49.9 Å². The van der Waals surface area contributed by atoms with Crippen LogP contribution in [0.3, 0.4) is 0 Å². The Bertz CT molecular complexity index is 1140. The fraction of sp³-hybridized carbons (Fsp3) is 0.304. The number of nitrogens with one attached hydrogen (secondary N) is 1. The molecule has 0 unspecified atom stereocenters. The molecule has 0 aliphatic heterocycles. The molecule has 1 atom stereocenters. The van der Waals surface area contributed by atoms with Gasteiger partial charge >= 0.3 is 0 Å². The molecule has 1 amide bonds. The number of nitriles is 1. The summed E-state index contributed by atoms with van der Waals surface area (Å²) in [5.74, 6) is 1.32. The molecular weight excluding hydrogens is 380 g/mol. The van der Waals surface area contributed by atoms with Gasteiger partial charge in [0.2, 0.25) is 11.7 Å². The predicted molar refractivity (Wildman–Crippen MR) is 111 cm³/mol. The summed E-state index contributed by atoms with van der Waals surface area (Å²) in [4.78, 5) is 16.0. The van der Waals surface area contributed by atoms with Gasteiger partial charge in [-0.25, -0.2) is 0 Å². The Morgan fingerprint density at radius 1 is 1.33 bits per heavy atom. The minimum absolute atomic E-state index is 0.00973. The van der Waals surface area contributed by atoms with Gasteiger partial charge in [0.25, 0.3) is 5.89 Å². The number of ether oxygens (including phenoxy) is 1. The van der Waals surface area contributed by atoms with Gasteiger partial charge in [0.05, 0.1) is 17.7 Å². The van der Waals surface area contributed by atoms with Gasteiger partial charge in [0.15, 0.2) is 0 Å². The van der Waals surface area contributed by atoms with Crippen molar-refractivity contribution in [2.24, 2.45) is 0 Å². The highest BCUT2D eigenvalue weighted by atomic mass is 16.5. The number of carbonyl (C=O) groups is 1. The van der Waals surface area contributed by atoms with E-state index >= 15 is 0 Å². The quantitative estimate of drug-likeness (QED) is 0.687. The number of hydrogen-bond acceptors (Lipinski definition) is 6. The lowest BCUT2D eigenvalue weighted by Crippen LogP contribution is -2.24. The Hall–Kier alpha value is -3.66. The topological polar surface area (TPSA) is 101 Å². The molecule has 0 bridgehead atoms. The maximum atomic E-state index is 11.5. The normalized spacial score (nSPS) is 15.0. The first-order valence-corrected chi connectivity index (χ1v) is 9.90. The van der Waals surface area contributed by atoms with E-state index in [1.807, 2.05) is 32.0 Å². The Morgan fingerprint density at radius 3 is 2.90 bits per heavy atom. The lowest BCUT2D eigenvalue weighted by atomic mass is 10.0. The van der Waals surface area contributed by atoms with Gasteiger partial charge in [-0.1, -0.05) is 23.4 Å². The number of rotatable bonds is 5. The minimum atomic E-state index is -0.0432. The second-order valence-corrected chi connectivity index (χ2v) is 7.58. The van der Waals surface area contributed by atoms with E-state index in [0.29, 0.717) is 28.6 Å². The third-order valence-electron chi connectivity index (χ3n) is 5.02. The number of carbonyl (C=O) groups excluding carboxylic acids is 1. The van der Waals surface area contributed by atoms with Crippen LogP contribution in [0.2, 0.25) is 0 Å². The van der Waals surface area contributed by atoms with E-state index in [4.69, 9.17) is 9.26 Å². The molecule has 7 nitrogen and oxygen atoms in total. The fourth-order valence-corrected chi connectivity index (χ4v) is 3.82. The van der Waals surface area contributed by atoms with Crippen LogP contribution in [-0.2, 0) is 11.2 Å². The van der Waals surface area contributed by atoms with Crippen LogP contribution in [0.4, 0.5) is 0 Å². The van der Waals surface area contributed by atoms with Crippen molar-refractivity contribution < 1.29 is 14.1 Å². The van der Waals surface area contributed by atoms with Crippen molar-refractivity contribution in [3.05, 3.63) is 53.1 Å². The standard InChI is InChI=1S/C23H22N4O3/c1-13(2)29-21-10-7-15(11-16(21)12-24)23-26-22(27-30-23)19-6-4-5-18-17(19)8-9-20(18)25-14(3)28/h4-7,10-11,13,20H,8-9H2,1-3H3,(H,25,28)/t20-/m1/s1. The van der Waals surface area contributed by atoms with Crippen LogP contribution < -0.4 is 10.1 Å². The number of benzene rings is 2. The highest BCUT2D eigenvalue weighted by molar-refractivity contribution is 5.74. The van der Waals surface area contributed by atoms with Crippen LogP contribution in [0, 0.1) is 11.3 Å². The van der Waals surface area contributed by atoms with Gasteiger partial charge < -0.3 is 14.6 Å². The maximum absolute atomic E-state index is 11.5. The second kappa shape index (κ2) is 7.99. The van der Waals surface area contributed by atoms with Gasteiger partial charge in [-0.3, -0.25) is 4.79 Å². The molecule has 1 heterocycles. The predicted octanol–water partition coefficient (Wildman–Crippen LogP) is 4.19. The van der Waals surface area contributed by atoms with Crippen molar-refractivity contribution >= 4 is 5.91 Å². The molecule has 1 aliphatic rings. The molecule has 4 rings (SSSR count). The summed E-state index contributed by atoms with van der Waals surface area (Å²) in [5.41, 5.74) is 4.19. The molecule has 0 spiro atoms. The molecule has 0 fully saturated rings. The zero-order valence-corrected chi connectivity index (χ0v) is 17.1. The molecule has 1 aromatic heterocycles. The minimum Gasteiger partial charge on any atom is -0.490 e. The third-order valence-corrected chi connectivity index (χ3v) is 5.02. The van der Waals surface area contributed by atoms with E-state index in [-0.39, 0.29) is 18.1 Å². The average molecular weight is 402 g/mol. The summed E-state index contributed by atoms with van der Waals surface area (Å²) in [7, 11) is 0. The highest BCUT2D eigenvalue weighted by Gasteiger charge is 2.27. The zero-order chi connectivity index (χ0) is 21.3. The van der Waals surface area contributed by atoms with Crippen LogP contribution in [0.25, 0.3) is 22.8 Å². The first kappa shape index (κ1) is 19.6. The summed E-state index contributed by atoms with van der Waals surface area (Å²) in [5, 5.41) is 16.6. The number of nitrogens with zero attached hydrogens (tertiary/aromatic N) is 3. The molecule has 2 aromatic carbocycles. The van der Waals surface area contributed by atoms with E-state index < -0.39 is 0 Å². The molecule has 0 radical (unpaired) electrons. The highest BCUT2D eigenvalue weighted by Crippen LogP contribution is 2.37. The molecule has 152 valence electrons. The van der Waals surface area contributed by atoms with Gasteiger partial charge in [-0.05, 0) is 56.0 Å². The van der Waals surface area contributed by atoms with Crippen LogP contribution >= 0.6 is 0 Å². The SMILES string of the molecule is CC(=O)N[C@@H]1CCc2c(-c3noc(-c4ccc(OC(C)C)c(C#N)c4)n3)cccc21. The summed E-state index contributed by atoms with van der Waals surface area (Å²) < 4.78 is 11.2. The number of aromatic nitrogens is 2. The first-order valence-electron chi connectivity index (χ1n) is 9.90. The third kappa shape index (κ3) is 3.77. The van der Waals surface area contributed by atoms with Crippen LogP contribution in [-0.4, -0.2) is 22.2 Å². The van der Waals surface area contributed by atoms with Gasteiger partial charge in [-0.15, -0.1) is 0 Å². The lowest BCUT2D eigenvalue weighted by molar-refractivity contribution is -0.119. The summed E-state index contributed by atoms with van der Waals surface area (Å²) in [6.07, 6.45) is 1.65. The van der Waals surface area contributed by atoms with Crippen molar-refractivity contribution in [1.82, 2.24) is 15.5 Å². The van der Waals surface area contributed by atoms with Gasteiger partial charge in [0.1, 0.15) is 11.8 Å². The summed E-state index contributed by atoms with van der Waals surface area (Å²) in [6.45, 7) is 5.35. The van der Waals surface area contributed by atoms with Gasteiger partial charge in [-0.2, -0.15) is 10.2 Å². The van der Waals surface area contributed by atoms with Crippen molar-refractivity contribution in [3.63, 3.8) is 0 Å². The first-order chi connectivity index (χ1) is 14.5. The number of amides is 1. The average Bonchev–Trinajstić information content (AvgIpc) is 3.35.